The number of rotatable bonds is 5. The monoisotopic (exact) mass is 365 g/mol. The predicted octanol–water partition coefficient (Wildman–Crippen LogP) is 3.38. The fourth-order valence-corrected chi connectivity index (χ4v) is 3.65. The van der Waals surface area contributed by atoms with E-state index in [0.717, 1.165) is 29.4 Å². The predicted molar refractivity (Wildman–Crippen MR) is 105 cm³/mol. The SMILES string of the molecule is COCc1ccc(NC(=O)c2nc(N)c3c(C4(C)CCC4)c[nH]c3n2)cc1. The average molecular weight is 365 g/mol. The molecule has 0 atom stereocenters. The van der Waals surface area contributed by atoms with Crippen molar-refractivity contribution in [1.29, 1.82) is 0 Å². The summed E-state index contributed by atoms with van der Waals surface area (Å²) in [6.07, 6.45) is 5.42. The second-order valence-electron chi connectivity index (χ2n) is 7.36. The van der Waals surface area contributed by atoms with Crippen LogP contribution in [-0.2, 0) is 16.8 Å². The van der Waals surface area contributed by atoms with Crippen molar-refractivity contribution in [3.63, 3.8) is 0 Å². The molecule has 3 aromatic rings. The van der Waals surface area contributed by atoms with Gasteiger partial charge in [0.1, 0.15) is 11.5 Å². The van der Waals surface area contributed by atoms with Crippen LogP contribution >= 0.6 is 0 Å². The summed E-state index contributed by atoms with van der Waals surface area (Å²) in [6.45, 7) is 2.75. The zero-order valence-corrected chi connectivity index (χ0v) is 15.5. The minimum Gasteiger partial charge on any atom is -0.383 e. The smallest absolute Gasteiger partial charge is 0.293 e. The van der Waals surface area contributed by atoms with E-state index in [0.29, 0.717) is 23.8 Å². The molecule has 4 N–H and O–H groups in total. The summed E-state index contributed by atoms with van der Waals surface area (Å²) in [5.41, 5.74) is 9.75. The molecule has 0 aliphatic heterocycles. The molecule has 7 heteroatoms. The summed E-state index contributed by atoms with van der Waals surface area (Å²) in [5.74, 6) is -0.00723. The second kappa shape index (κ2) is 6.66. The molecule has 1 fully saturated rings. The number of nitrogen functional groups attached to an aromatic ring is 1. The summed E-state index contributed by atoms with van der Waals surface area (Å²) in [4.78, 5) is 24.4. The number of benzene rings is 1. The van der Waals surface area contributed by atoms with Gasteiger partial charge in [-0.2, -0.15) is 0 Å². The van der Waals surface area contributed by atoms with Crippen LogP contribution < -0.4 is 11.1 Å². The number of nitrogens with two attached hydrogens (primary N) is 1. The molecule has 7 nitrogen and oxygen atoms in total. The van der Waals surface area contributed by atoms with Crippen molar-refractivity contribution in [2.45, 2.75) is 38.2 Å². The third-order valence-corrected chi connectivity index (χ3v) is 5.39. The maximum Gasteiger partial charge on any atom is 0.293 e. The Labute approximate surface area is 157 Å². The number of aromatic nitrogens is 3. The van der Waals surface area contributed by atoms with Crippen molar-refractivity contribution in [1.82, 2.24) is 15.0 Å². The lowest BCUT2D eigenvalue weighted by Gasteiger charge is -2.38. The van der Waals surface area contributed by atoms with Gasteiger partial charge in [0, 0.05) is 19.0 Å². The number of nitrogens with one attached hydrogen (secondary N) is 2. The van der Waals surface area contributed by atoms with Crippen LogP contribution in [0.3, 0.4) is 0 Å². The van der Waals surface area contributed by atoms with Gasteiger partial charge in [0.2, 0.25) is 5.82 Å². The molecule has 27 heavy (non-hydrogen) atoms. The molecule has 1 aliphatic carbocycles. The van der Waals surface area contributed by atoms with Crippen LogP contribution in [0.15, 0.2) is 30.5 Å². The van der Waals surface area contributed by atoms with Crippen LogP contribution in [0.1, 0.15) is 47.9 Å². The van der Waals surface area contributed by atoms with Gasteiger partial charge in [-0.1, -0.05) is 25.5 Å². The summed E-state index contributed by atoms with van der Waals surface area (Å²) in [7, 11) is 1.64. The summed E-state index contributed by atoms with van der Waals surface area (Å²) < 4.78 is 5.09. The second-order valence-corrected chi connectivity index (χ2v) is 7.36. The molecule has 2 heterocycles. The molecular formula is C20H23N5O2. The first kappa shape index (κ1) is 17.5. The van der Waals surface area contributed by atoms with Gasteiger partial charge in [0.15, 0.2) is 0 Å². The first-order valence-corrected chi connectivity index (χ1v) is 9.04. The molecule has 1 saturated carbocycles. The molecule has 0 spiro atoms. The van der Waals surface area contributed by atoms with Crippen molar-refractivity contribution >= 4 is 28.4 Å². The molecule has 0 radical (unpaired) electrons. The Bertz CT molecular complexity index is 990. The Balaban J connectivity index is 1.59. The lowest BCUT2D eigenvalue weighted by atomic mass is 9.66. The molecule has 0 unspecified atom stereocenters. The Kier molecular flexibility index (Phi) is 4.31. The van der Waals surface area contributed by atoms with E-state index in [1.54, 1.807) is 7.11 Å². The van der Waals surface area contributed by atoms with E-state index < -0.39 is 5.91 Å². The number of anilines is 2. The highest BCUT2D eigenvalue weighted by molar-refractivity contribution is 6.03. The van der Waals surface area contributed by atoms with E-state index in [1.807, 2.05) is 30.5 Å². The Morgan fingerprint density at radius 3 is 2.67 bits per heavy atom. The first-order valence-electron chi connectivity index (χ1n) is 9.04. The number of nitrogens with zero attached hydrogens (tertiary/aromatic N) is 2. The average Bonchev–Trinajstić information content (AvgIpc) is 3.06. The molecule has 1 aliphatic rings. The third-order valence-electron chi connectivity index (χ3n) is 5.39. The van der Waals surface area contributed by atoms with E-state index in [-0.39, 0.29) is 11.2 Å². The summed E-state index contributed by atoms with van der Waals surface area (Å²) in [5, 5.41) is 3.64. The van der Waals surface area contributed by atoms with Crippen molar-refractivity contribution in [3.8, 4) is 0 Å². The number of carbonyl (C=O) groups is 1. The van der Waals surface area contributed by atoms with E-state index >= 15 is 0 Å². The molecule has 4 rings (SSSR count). The molecular weight excluding hydrogens is 342 g/mol. The number of H-pyrrole nitrogens is 1. The molecule has 1 amide bonds. The zero-order valence-electron chi connectivity index (χ0n) is 15.5. The number of ether oxygens (including phenoxy) is 1. The van der Waals surface area contributed by atoms with Crippen molar-refractivity contribution in [3.05, 3.63) is 47.4 Å². The largest absolute Gasteiger partial charge is 0.383 e. The van der Waals surface area contributed by atoms with Crippen LogP contribution in [0.5, 0.6) is 0 Å². The lowest BCUT2D eigenvalue weighted by Crippen LogP contribution is -2.30. The lowest BCUT2D eigenvalue weighted by molar-refractivity contribution is 0.101. The highest BCUT2D eigenvalue weighted by Crippen LogP contribution is 2.46. The molecule has 0 saturated heterocycles. The Hall–Kier alpha value is -2.93. The number of aromatic amines is 1. The summed E-state index contributed by atoms with van der Waals surface area (Å²) >= 11 is 0. The van der Waals surface area contributed by atoms with Gasteiger partial charge < -0.3 is 20.8 Å². The van der Waals surface area contributed by atoms with Crippen molar-refractivity contribution < 1.29 is 9.53 Å². The highest BCUT2D eigenvalue weighted by Gasteiger charge is 2.36. The van der Waals surface area contributed by atoms with Gasteiger partial charge >= 0.3 is 0 Å². The van der Waals surface area contributed by atoms with Crippen LogP contribution in [0.2, 0.25) is 0 Å². The number of hydrogen-bond donors (Lipinski definition) is 3. The number of carbonyl (C=O) groups excluding carboxylic acids is 1. The van der Waals surface area contributed by atoms with Crippen LogP contribution in [0.4, 0.5) is 11.5 Å². The van der Waals surface area contributed by atoms with E-state index in [1.165, 1.54) is 6.42 Å². The maximum absolute atomic E-state index is 12.6. The minimum atomic E-state index is -0.394. The fourth-order valence-electron chi connectivity index (χ4n) is 3.65. The van der Waals surface area contributed by atoms with Gasteiger partial charge in [-0.25, -0.2) is 9.97 Å². The standard InChI is InChI=1S/C20H23N5O2/c1-20(8-3-9-20)14-10-22-17-15(14)16(21)24-18(25-17)19(26)23-13-6-4-12(5-7-13)11-27-2/h4-7,10H,3,8-9,11H2,1-2H3,(H,23,26)(H3,21,22,24,25). The third kappa shape index (κ3) is 3.14. The van der Waals surface area contributed by atoms with E-state index in [2.05, 4.69) is 27.2 Å². The van der Waals surface area contributed by atoms with E-state index in [4.69, 9.17) is 10.5 Å². The fraction of sp³-hybridized carbons (Fsp3) is 0.350. The quantitative estimate of drug-likeness (QED) is 0.643. The number of amides is 1. The topological polar surface area (TPSA) is 106 Å². The summed E-state index contributed by atoms with van der Waals surface area (Å²) in [6, 6.07) is 7.43. The van der Waals surface area contributed by atoms with Gasteiger partial charge in [-0.3, -0.25) is 4.79 Å². The highest BCUT2D eigenvalue weighted by atomic mass is 16.5. The van der Waals surface area contributed by atoms with Crippen LogP contribution in [-0.4, -0.2) is 28.0 Å². The number of hydrogen-bond acceptors (Lipinski definition) is 5. The molecule has 0 bridgehead atoms. The van der Waals surface area contributed by atoms with Gasteiger partial charge in [0.25, 0.3) is 5.91 Å². The van der Waals surface area contributed by atoms with Crippen molar-refractivity contribution in [2.75, 3.05) is 18.2 Å². The van der Waals surface area contributed by atoms with Crippen molar-refractivity contribution in [2.24, 2.45) is 0 Å². The molecule has 2 aromatic heterocycles. The molecule has 1 aromatic carbocycles. The van der Waals surface area contributed by atoms with E-state index in [9.17, 15) is 4.79 Å². The Morgan fingerprint density at radius 2 is 2.04 bits per heavy atom. The Morgan fingerprint density at radius 1 is 1.30 bits per heavy atom. The normalized spacial score (nSPS) is 15.5. The number of fused-ring (bicyclic) bond motifs is 1. The van der Waals surface area contributed by atoms with Gasteiger partial charge in [-0.15, -0.1) is 0 Å². The number of methoxy groups -OCH3 is 1. The zero-order chi connectivity index (χ0) is 19.0. The molecule has 140 valence electrons. The maximum atomic E-state index is 12.6. The minimum absolute atomic E-state index is 0.0492. The van der Waals surface area contributed by atoms with Crippen LogP contribution in [0.25, 0.3) is 11.0 Å². The first-order chi connectivity index (χ1) is 13.0. The van der Waals surface area contributed by atoms with Gasteiger partial charge in [0.05, 0.1) is 12.0 Å². The van der Waals surface area contributed by atoms with Gasteiger partial charge in [-0.05, 0) is 41.5 Å². The van der Waals surface area contributed by atoms with Crippen LogP contribution in [0, 0.1) is 0 Å².